The van der Waals surface area contributed by atoms with E-state index in [1.54, 1.807) is 18.2 Å². The molecule has 0 bridgehead atoms. The topological polar surface area (TPSA) is 38.0 Å². The molecule has 1 rings (SSSR count). The van der Waals surface area contributed by atoms with Gasteiger partial charge in [0.15, 0.2) is 0 Å². The third-order valence-corrected chi connectivity index (χ3v) is 3.65. The van der Waals surface area contributed by atoms with Gasteiger partial charge in [-0.25, -0.2) is 0 Å². The maximum Gasteiger partial charge on any atom is 0.389 e. The van der Waals surface area contributed by atoms with Crippen LogP contribution in [0.25, 0.3) is 0 Å². The number of hydrazine groups is 1. The fourth-order valence-corrected chi connectivity index (χ4v) is 2.60. The van der Waals surface area contributed by atoms with E-state index in [0.29, 0.717) is 10.8 Å². The summed E-state index contributed by atoms with van der Waals surface area (Å²) in [6.07, 6.45) is -5.01. The van der Waals surface area contributed by atoms with Crippen molar-refractivity contribution < 1.29 is 13.2 Å². The maximum atomic E-state index is 12.1. The summed E-state index contributed by atoms with van der Waals surface area (Å²) in [5.41, 5.74) is 2.41. The molecule has 1 atom stereocenters. The van der Waals surface area contributed by atoms with Gasteiger partial charge in [0, 0.05) is 28.1 Å². The Bertz CT molecular complexity index is 374. The van der Waals surface area contributed by atoms with E-state index in [0.717, 1.165) is 4.90 Å². The van der Waals surface area contributed by atoms with Crippen LogP contribution in [0.4, 0.5) is 13.2 Å². The molecule has 0 aliphatic carbocycles. The lowest BCUT2D eigenvalue weighted by Crippen LogP contribution is -2.37. The average molecular weight is 299 g/mol. The first-order chi connectivity index (χ1) is 8.40. The average Bonchev–Trinajstić information content (AvgIpc) is 2.28. The van der Waals surface area contributed by atoms with Crippen LogP contribution in [-0.4, -0.2) is 18.0 Å². The minimum atomic E-state index is -4.14. The van der Waals surface area contributed by atoms with E-state index >= 15 is 0 Å². The Balaban J connectivity index is 2.40. The minimum absolute atomic E-state index is 0.0342. The van der Waals surface area contributed by atoms with Crippen LogP contribution in [0.5, 0.6) is 0 Å². The van der Waals surface area contributed by atoms with Crippen LogP contribution in [0.1, 0.15) is 12.8 Å². The number of hydrogen-bond donors (Lipinski definition) is 2. The summed E-state index contributed by atoms with van der Waals surface area (Å²) in [4.78, 5) is 0.912. The number of nitrogens with one attached hydrogen (secondary N) is 1. The molecular formula is C11H14ClF3N2S. The number of rotatable bonds is 6. The fourth-order valence-electron chi connectivity index (χ4n) is 1.31. The molecule has 1 aromatic carbocycles. The lowest BCUT2D eigenvalue weighted by atomic mass is 10.2. The molecular weight excluding hydrogens is 285 g/mol. The van der Waals surface area contributed by atoms with Crippen molar-refractivity contribution in [1.82, 2.24) is 5.43 Å². The minimum Gasteiger partial charge on any atom is -0.271 e. The summed E-state index contributed by atoms with van der Waals surface area (Å²) in [5.74, 6) is 5.70. The first kappa shape index (κ1) is 15.6. The molecule has 18 heavy (non-hydrogen) atoms. The molecule has 1 aromatic rings. The van der Waals surface area contributed by atoms with Crippen molar-refractivity contribution in [3.05, 3.63) is 29.3 Å². The molecule has 0 radical (unpaired) electrons. The van der Waals surface area contributed by atoms with Gasteiger partial charge < -0.3 is 0 Å². The fraction of sp³-hybridized carbons (Fsp3) is 0.455. The molecule has 7 heteroatoms. The van der Waals surface area contributed by atoms with Gasteiger partial charge in [-0.2, -0.15) is 13.2 Å². The Labute approximate surface area is 113 Å². The van der Waals surface area contributed by atoms with Crippen LogP contribution in [0.3, 0.4) is 0 Å². The molecule has 0 spiro atoms. The van der Waals surface area contributed by atoms with Gasteiger partial charge >= 0.3 is 6.18 Å². The molecule has 0 aromatic heterocycles. The molecule has 0 aliphatic heterocycles. The maximum absolute atomic E-state index is 12.1. The van der Waals surface area contributed by atoms with Crippen molar-refractivity contribution in [2.45, 2.75) is 30.0 Å². The monoisotopic (exact) mass is 298 g/mol. The smallest absolute Gasteiger partial charge is 0.271 e. The molecule has 0 saturated carbocycles. The lowest BCUT2D eigenvalue weighted by Gasteiger charge is -2.16. The van der Waals surface area contributed by atoms with Crippen molar-refractivity contribution in [3.63, 3.8) is 0 Å². The SMILES string of the molecule is NNC(CCC(F)(F)F)CSc1cccc(Cl)c1. The van der Waals surface area contributed by atoms with Gasteiger partial charge in [0.05, 0.1) is 0 Å². The van der Waals surface area contributed by atoms with Crippen molar-refractivity contribution in [1.29, 1.82) is 0 Å². The summed E-state index contributed by atoms with van der Waals surface area (Å²) < 4.78 is 36.2. The van der Waals surface area contributed by atoms with E-state index < -0.39 is 12.6 Å². The third-order valence-electron chi connectivity index (χ3n) is 2.26. The summed E-state index contributed by atoms with van der Waals surface area (Å²) >= 11 is 7.24. The number of nitrogens with two attached hydrogens (primary N) is 1. The van der Waals surface area contributed by atoms with Crippen LogP contribution in [0.15, 0.2) is 29.2 Å². The van der Waals surface area contributed by atoms with Crippen molar-refractivity contribution in [2.24, 2.45) is 5.84 Å². The number of benzene rings is 1. The lowest BCUT2D eigenvalue weighted by molar-refractivity contribution is -0.136. The van der Waals surface area contributed by atoms with Crippen LogP contribution in [-0.2, 0) is 0 Å². The molecule has 102 valence electrons. The zero-order chi connectivity index (χ0) is 13.6. The first-order valence-corrected chi connectivity index (χ1v) is 6.68. The Morgan fingerprint density at radius 3 is 2.67 bits per heavy atom. The highest BCUT2D eigenvalue weighted by Gasteiger charge is 2.28. The first-order valence-electron chi connectivity index (χ1n) is 5.32. The number of hydrogen-bond acceptors (Lipinski definition) is 3. The second-order valence-corrected chi connectivity index (χ2v) is 5.32. The van der Waals surface area contributed by atoms with Gasteiger partial charge in [-0.15, -0.1) is 11.8 Å². The van der Waals surface area contributed by atoms with Gasteiger partial charge in [-0.3, -0.25) is 11.3 Å². The van der Waals surface area contributed by atoms with Crippen LogP contribution in [0.2, 0.25) is 5.02 Å². The van der Waals surface area contributed by atoms with Crippen molar-refractivity contribution >= 4 is 23.4 Å². The van der Waals surface area contributed by atoms with E-state index in [2.05, 4.69) is 5.43 Å². The molecule has 0 saturated heterocycles. The number of thioether (sulfide) groups is 1. The predicted octanol–water partition coefficient (Wildman–Crippen LogP) is 3.61. The highest BCUT2D eigenvalue weighted by Crippen LogP contribution is 2.26. The summed E-state index contributed by atoms with van der Waals surface area (Å²) in [6.45, 7) is 0. The standard InChI is InChI=1S/C11H14ClF3N2S/c12-8-2-1-3-10(6-8)18-7-9(17-16)4-5-11(13,14)15/h1-3,6,9,17H,4-5,7,16H2. The quantitative estimate of drug-likeness (QED) is 0.479. The Kier molecular flexibility index (Phi) is 6.28. The van der Waals surface area contributed by atoms with E-state index in [1.807, 2.05) is 6.07 Å². The van der Waals surface area contributed by atoms with Crippen LogP contribution < -0.4 is 11.3 Å². The normalized spacial score (nSPS) is 13.6. The van der Waals surface area contributed by atoms with Crippen molar-refractivity contribution in [2.75, 3.05) is 5.75 Å². The molecule has 1 unspecified atom stereocenters. The predicted molar refractivity (Wildman–Crippen MR) is 68.6 cm³/mol. The van der Waals surface area contributed by atoms with Gasteiger partial charge in [-0.1, -0.05) is 17.7 Å². The zero-order valence-corrected chi connectivity index (χ0v) is 11.1. The largest absolute Gasteiger partial charge is 0.389 e. The van der Waals surface area contributed by atoms with Gasteiger partial charge in [0.25, 0.3) is 0 Å². The van der Waals surface area contributed by atoms with Crippen LogP contribution in [0, 0.1) is 0 Å². The van der Waals surface area contributed by atoms with Crippen molar-refractivity contribution in [3.8, 4) is 0 Å². The molecule has 2 nitrogen and oxygen atoms in total. The van der Waals surface area contributed by atoms with Gasteiger partial charge in [-0.05, 0) is 24.6 Å². The molecule has 3 N–H and O–H groups in total. The highest BCUT2D eigenvalue weighted by molar-refractivity contribution is 7.99. The second kappa shape index (κ2) is 7.23. The molecule has 0 heterocycles. The second-order valence-electron chi connectivity index (χ2n) is 3.79. The molecule has 0 fully saturated rings. The van der Waals surface area contributed by atoms with E-state index in [4.69, 9.17) is 17.4 Å². The number of alkyl halides is 3. The Morgan fingerprint density at radius 2 is 2.11 bits per heavy atom. The summed E-state index contributed by atoms with van der Waals surface area (Å²) in [7, 11) is 0. The highest BCUT2D eigenvalue weighted by atomic mass is 35.5. The number of halogens is 4. The Morgan fingerprint density at radius 1 is 1.39 bits per heavy atom. The third kappa shape index (κ3) is 6.49. The van der Waals surface area contributed by atoms with E-state index in [-0.39, 0.29) is 12.5 Å². The summed E-state index contributed by atoms with van der Waals surface area (Å²) in [6, 6.07) is 6.78. The molecule has 0 amide bonds. The van der Waals surface area contributed by atoms with Crippen LogP contribution >= 0.6 is 23.4 Å². The van der Waals surface area contributed by atoms with E-state index in [1.165, 1.54) is 11.8 Å². The zero-order valence-electron chi connectivity index (χ0n) is 9.51. The van der Waals surface area contributed by atoms with E-state index in [9.17, 15) is 13.2 Å². The Hall–Kier alpha value is -0.430. The summed E-state index contributed by atoms with van der Waals surface area (Å²) in [5, 5.41) is 0.604. The van der Waals surface area contributed by atoms with Gasteiger partial charge in [0.1, 0.15) is 0 Å². The van der Waals surface area contributed by atoms with Gasteiger partial charge in [0.2, 0.25) is 0 Å². The molecule has 0 aliphatic rings.